The molecule has 2 atom stereocenters. The average Bonchev–Trinajstić information content (AvgIpc) is 2.13. The summed E-state index contributed by atoms with van der Waals surface area (Å²) >= 11 is 0. The quantitative estimate of drug-likeness (QED) is 0.620. The summed E-state index contributed by atoms with van der Waals surface area (Å²) in [4.78, 5) is 0. The number of hydrogen-bond acceptors (Lipinski definition) is 1. The molecule has 0 fully saturated rings. The minimum Gasteiger partial charge on any atom is -0.301 e. The van der Waals surface area contributed by atoms with Gasteiger partial charge in [0, 0.05) is 0 Å². The van der Waals surface area contributed by atoms with Crippen molar-refractivity contribution in [3.63, 3.8) is 0 Å². The number of nitrogens with one attached hydrogen (secondary N) is 1. The topological polar surface area (TPSA) is 12.0 Å². The molecule has 0 aliphatic heterocycles. The molecule has 70 valence electrons. The van der Waals surface area contributed by atoms with E-state index in [4.69, 9.17) is 6.42 Å². The summed E-state index contributed by atoms with van der Waals surface area (Å²) in [7, 11) is 0. The van der Waals surface area contributed by atoms with Crippen LogP contribution in [0.3, 0.4) is 0 Å². The van der Waals surface area contributed by atoms with Crippen molar-refractivity contribution in [3.05, 3.63) is 0 Å². The molecule has 0 saturated carbocycles. The summed E-state index contributed by atoms with van der Waals surface area (Å²) in [5.74, 6) is 3.51. The molecule has 0 aromatic rings. The van der Waals surface area contributed by atoms with Crippen LogP contribution in [0, 0.1) is 18.3 Å². The van der Waals surface area contributed by atoms with Crippen molar-refractivity contribution in [1.29, 1.82) is 0 Å². The van der Waals surface area contributed by atoms with E-state index in [-0.39, 0.29) is 5.54 Å². The Balaban J connectivity index is 3.83. The molecule has 0 heterocycles. The Kier molecular flexibility index (Phi) is 5.01. The Morgan fingerprint density at radius 1 is 1.50 bits per heavy atom. The molecule has 0 aliphatic carbocycles. The Morgan fingerprint density at radius 2 is 2.08 bits per heavy atom. The Hall–Kier alpha value is -0.480. The summed E-state index contributed by atoms with van der Waals surface area (Å²) in [6, 6.07) is 0. The van der Waals surface area contributed by atoms with Crippen molar-refractivity contribution in [2.45, 2.75) is 46.1 Å². The van der Waals surface area contributed by atoms with Crippen LogP contribution in [0.2, 0.25) is 0 Å². The molecule has 0 aliphatic rings. The third kappa shape index (κ3) is 3.78. The zero-order valence-corrected chi connectivity index (χ0v) is 8.78. The molecule has 12 heavy (non-hydrogen) atoms. The van der Waals surface area contributed by atoms with Crippen LogP contribution >= 0.6 is 0 Å². The van der Waals surface area contributed by atoms with Crippen molar-refractivity contribution in [3.8, 4) is 12.3 Å². The summed E-state index contributed by atoms with van der Waals surface area (Å²) < 4.78 is 0. The van der Waals surface area contributed by atoms with Crippen molar-refractivity contribution < 1.29 is 0 Å². The predicted molar refractivity (Wildman–Crippen MR) is 55.0 cm³/mol. The van der Waals surface area contributed by atoms with Gasteiger partial charge in [-0.2, -0.15) is 0 Å². The molecule has 0 spiro atoms. The van der Waals surface area contributed by atoms with E-state index in [0.717, 1.165) is 13.0 Å². The van der Waals surface area contributed by atoms with Gasteiger partial charge in [-0.1, -0.05) is 33.1 Å². The Morgan fingerprint density at radius 3 is 2.42 bits per heavy atom. The van der Waals surface area contributed by atoms with Crippen LogP contribution < -0.4 is 5.32 Å². The van der Waals surface area contributed by atoms with E-state index >= 15 is 0 Å². The van der Waals surface area contributed by atoms with Gasteiger partial charge >= 0.3 is 0 Å². The molecule has 2 unspecified atom stereocenters. The lowest BCUT2D eigenvalue weighted by atomic mass is 9.99. The van der Waals surface area contributed by atoms with E-state index in [1.54, 1.807) is 0 Å². The minimum absolute atomic E-state index is 0.108. The van der Waals surface area contributed by atoms with E-state index in [1.807, 2.05) is 0 Å². The van der Waals surface area contributed by atoms with Crippen LogP contribution in [0.5, 0.6) is 0 Å². The summed E-state index contributed by atoms with van der Waals surface area (Å²) in [6.07, 6.45) is 7.62. The van der Waals surface area contributed by atoms with Crippen LogP contribution in [0.4, 0.5) is 0 Å². The first kappa shape index (κ1) is 11.5. The van der Waals surface area contributed by atoms with E-state index in [1.165, 1.54) is 6.42 Å². The first-order chi connectivity index (χ1) is 5.58. The molecule has 0 bridgehead atoms. The summed E-state index contributed by atoms with van der Waals surface area (Å²) in [5.41, 5.74) is -0.108. The fraction of sp³-hybridized carbons (Fsp3) is 0.818. The number of terminal acetylenes is 1. The molecule has 0 amide bonds. The van der Waals surface area contributed by atoms with Crippen LogP contribution in [0.15, 0.2) is 0 Å². The van der Waals surface area contributed by atoms with Crippen LogP contribution in [0.1, 0.15) is 40.5 Å². The van der Waals surface area contributed by atoms with Crippen molar-refractivity contribution >= 4 is 0 Å². The van der Waals surface area contributed by atoms with Crippen molar-refractivity contribution in [2.75, 3.05) is 6.54 Å². The van der Waals surface area contributed by atoms with Crippen molar-refractivity contribution in [2.24, 2.45) is 5.92 Å². The second-order valence-electron chi connectivity index (χ2n) is 3.72. The third-order valence-corrected chi connectivity index (χ3v) is 2.56. The van der Waals surface area contributed by atoms with Crippen LogP contribution in [-0.2, 0) is 0 Å². The highest BCUT2D eigenvalue weighted by atomic mass is 15.0. The monoisotopic (exact) mass is 167 g/mol. The van der Waals surface area contributed by atoms with E-state index in [2.05, 4.69) is 38.9 Å². The summed E-state index contributed by atoms with van der Waals surface area (Å²) in [6.45, 7) is 9.65. The van der Waals surface area contributed by atoms with E-state index in [9.17, 15) is 0 Å². The highest BCUT2D eigenvalue weighted by Gasteiger charge is 2.17. The van der Waals surface area contributed by atoms with E-state index in [0.29, 0.717) is 5.92 Å². The fourth-order valence-electron chi connectivity index (χ4n) is 0.822. The molecule has 1 nitrogen and oxygen atoms in total. The number of hydrogen-bond donors (Lipinski definition) is 1. The SMILES string of the molecule is C#CC(C)(CC)NCC(C)CC. The average molecular weight is 167 g/mol. The maximum Gasteiger partial charge on any atom is 0.0767 e. The fourth-order valence-corrected chi connectivity index (χ4v) is 0.822. The highest BCUT2D eigenvalue weighted by molar-refractivity contribution is 5.09. The maximum absolute atomic E-state index is 5.43. The van der Waals surface area contributed by atoms with E-state index < -0.39 is 0 Å². The van der Waals surface area contributed by atoms with Gasteiger partial charge < -0.3 is 5.32 Å². The molecule has 1 heteroatoms. The van der Waals surface area contributed by atoms with Gasteiger partial charge in [-0.25, -0.2) is 0 Å². The molecular formula is C11H21N. The van der Waals surface area contributed by atoms with Gasteiger partial charge in [0.2, 0.25) is 0 Å². The smallest absolute Gasteiger partial charge is 0.0767 e. The lowest BCUT2D eigenvalue weighted by Crippen LogP contribution is -2.42. The zero-order valence-electron chi connectivity index (χ0n) is 8.78. The molecular weight excluding hydrogens is 146 g/mol. The predicted octanol–water partition coefficient (Wildman–Crippen LogP) is 2.42. The molecule has 0 rings (SSSR count). The largest absolute Gasteiger partial charge is 0.301 e. The van der Waals surface area contributed by atoms with Gasteiger partial charge in [0.1, 0.15) is 0 Å². The zero-order chi connectivity index (χ0) is 9.61. The first-order valence-corrected chi connectivity index (χ1v) is 4.80. The minimum atomic E-state index is -0.108. The summed E-state index contributed by atoms with van der Waals surface area (Å²) in [5, 5.41) is 3.41. The van der Waals surface area contributed by atoms with Gasteiger partial charge in [-0.05, 0) is 25.8 Å². The first-order valence-electron chi connectivity index (χ1n) is 4.80. The lowest BCUT2D eigenvalue weighted by molar-refractivity contribution is 0.389. The van der Waals surface area contributed by atoms with Crippen LogP contribution in [-0.4, -0.2) is 12.1 Å². The molecule has 0 aromatic carbocycles. The van der Waals surface area contributed by atoms with Gasteiger partial charge in [-0.3, -0.25) is 0 Å². The van der Waals surface area contributed by atoms with Gasteiger partial charge in [0.25, 0.3) is 0 Å². The third-order valence-electron chi connectivity index (χ3n) is 2.56. The molecule has 1 N–H and O–H groups in total. The highest BCUT2D eigenvalue weighted by Crippen LogP contribution is 2.08. The Labute approximate surface area is 76.9 Å². The molecule has 0 radical (unpaired) electrons. The van der Waals surface area contributed by atoms with Crippen LogP contribution in [0.25, 0.3) is 0 Å². The maximum atomic E-state index is 5.43. The van der Waals surface area contributed by atoms with Gasteiger partial charge in [0.15, 0.2) is 0 Å². The normalized spacial score (nSPS) is 17.9. The molecule has 0 aromatic heterocycles. The Bertz CT molecular complexity index is 157. The standard InChI is InChI=1S/C11H21N/c1-6-10(4)9-12-11(5,7-2)8-3/h2,10,12H,6,8-9H2,1,3-5H3. The van der Waals surface area contributed by atoms with Gasteiger partial charge in [-0.15, -0.1) is 6.42 Å². The molecule has 0 saturated heterocycles. The second kappa shape index (κ2) is 5.22. The second-order valence-corrected chi connectivity index (χ2v) is 3.72. The number of rotatable bonds is 5. The lowest BCUT2D eigenvalue weighted by Gasteiger charge is -2.25. The van der Waals surface area contributed by atoms with Gasteiger partial charge in [0.05, 0.1) is 5.54 Å². The van der Waals surface area contributed by atoms with Crippen molar-refractivity contribution in [1.82, 2.24) is 5.32 Å².